The van der Waals surface area contributed by atoms with E-state index in [9.17, 15) is 4.79 Å². The largest absolute Gasteiger partial charge is 0.444 e. The van der Waals surface area contributed by atoms with E-state index in [-0.39, 0.29) is 12.0 Å². The highest BCUT2D eigenvalue weighted by molar-refractivity contribution is 5.68. The Kier molecular flexibility index (Phi) is 4.92. The van der Waals surface area contributed by atoms with Crippen LogP contribution in [-0.4, -0.2) is 39.9 Å². The second-order valence-electron chi connectivity index (χ2n) is 7.20. The number of anilines is 1. The highest BCUT2D eigenvalue weighted by Crippen LogP contribution is 2.28. The second-order valence-corrected chi connectivity index (χ2v) is 7.20. The maximum absolute atomic E-state index is 12.1. The van der Waals surface area contributed by atoms with Crippen molar-refractivity contribution >= 4 is 12.1 Å². The van der Waals surface area contributed by atoms with Crippen molar-refractivity contribution in [1.29, 1.82) is 0 Å². The molecule has 25 heavy (non-hydrogen) atoms. The number of amides is 1. The van der Waals surface area contributed by atoms with E-state index >= 15 is 0 Å². The predicted molar refractivity (Wildman–Crippen MR) is 93.2 cm³/mol. The van der Waals surface area contributed by atoms with E-state index in [1.165, 1.54) is 0 Å². The third kappa shape index (κ3) is 4.71. The van der Waals surface area contributed by atoms with Crippen LogP contribution in [0.3, 0.4) is 0 Å². The summed E-state index contributed by atoms with van der Waals surface area (Å²) in [6.45, 7) is 7.38. The van der Waals surface area contributed by atoms with Crippen LogP contribution in [0.1, 0.15) is 44.6 Å². The first-order valence-electron chi connectivity index (χ1n) is 8.50. The van der Waals surface area contributed by atoms with Crippen molar-refractivity contribution in [1.82, 2.24) is 15.1 Å². The number of carbonyl (C=O) groups excluding carboxylic acids is 1. The van der Waals surface area contributed by atoms with Crippen LogP contribution in [0.2, 0.25) is 0 Å². The number of hydrogen-bond donors (Lipinski definition) is 1. The first-order valence-corrected chi connectivity index (χ1v) is 8.50. The molecule has 0 saturated carbocycles. The summed E-state index contributed by atoms with van der Waals surface area (Å²) in [7, 11) is 0. The molecule has 1 fully saturated rings. The number of likely N-dealkylation sites (tertiary alicyclic amines) is 1. The molecule has 2 heterocycles. The fraction of sp³-hybridized carbons (Fsp3) is 0.500. The fourth-order valence-electron chi connectivity index (χ4n) is 2.70. The Balaban J connectivity index is 1.53. The van der Waals surface area contributed by atoms with E-state index in [0.717, 1.165) is 12.0 Å². The number of carbonyl (C=O) groups is 1. The molecule has 1 N–H and O–H groups in total. The summed E-state index contributed by atoms with van der Waals surface area (Å²) in [6.07, 6.45) is 0.497. The molecular formula is C18H24N4O3. The van der Waals surface area contributed by atoms with E-state index < -0.39 is 5.60 Å². The van der Waals surface area contributed by atoms with Gasteiger partial charge in [-0.25, -0.2) is 4.79 Å². The maximum atomic E-state index is 12.1. The van der Waals surface area contributed by atoms with E-state index in [2.05, 4.69) is 15.5 Å². The molecule has 7 heteroatoms. The summed E-state index contributed by atoms with van der Waals surface area (Å²) in [5.41, 5.74) is 0.646. The molecule has 134 valence electrons. The van der Waals surface area contributed by atoms with Crippen molar-refractivity contribution in [2.75, 3.05) is 18.4 Å². The van der Waals surface area contributed by atoms with Crippen molar-refractivity contribution in [2.24, 2.45) is 0 Å². The molecule has 0 radical (unpaired) electrons. The minimum Gasteiger partial charge on any atom is -0.444 e. The summed E-state index contributed by atoms with van der Waals surface area (Å²) in [5.74, 6) is 0.605. The normalized spacial score (nSPS) is 17.6. The van der Waals surface area contributed by atoms with Crippen LogP contribution in [0.5, 0.6) is 0 Å². The van der Waals surface area contributed by atoms with Gasteiger partial charge in [0.15, 0.2) is 0 Å². The highest BCUT2D eigenvalue weighted by Gasteiger charge is 2.33. The zero-order valence-electron chi connectivity index (χ0n) is 14.9. The smallest absolute Gasteiger partial charge is 0.410 e. The third-order valence-electron chi connectivity index (χ3n) is 3.92. The SMILES string of the molecule is CC(C)(C)OC(=O)N1CCC(c2nnc(NCc3ccccc3)o2)C1. The minimum atomic E-state index is -0.492. The molecule has 0 aliphatic carbocycles. The monoisotopic (exact) mass is 344 g/mol. The van der Waals surface area contributed by atoms with E-state index in [0.29, 0.717) is 31.5 Å². The van der Waals surface area contributed by atoms with Gasteiger partial charge in [0.1, 0.15) is 5.60 Å². The number of hydrogen-bond acceptors (Lipinski definition) is 6. The lowest BCUT2D eigenvalue weighted by molar-refractivity contribution is 0.0291. The quantitative estimate of drug-likeness (QED) is 0.915. The number of nitrogens with zero attached hydrogens (tertiary/aromatic N) is 3. The number of rotatable bonds is 4. The van der Waals surface area contributed by atoms with Crippen molar-refractivity contribution in [3.63, 3.8) is 0 Å². The molecule has 0 spiro atoms. The Morgan fingerprint density at radius 1 is 1.32 bits per heavy atom. The molecule has 7 nitrogen and oxygen atoms in total. The average molecular weight is 344 g/mol. The molecule has 1 aromatic heterocycles. The Morgan fingerprint density at radius 2 is 2.08 bits per heavy atom. The Hall–Kier alpha value is -2.57. The molecule has 1 aromatic carbocycles. The molecular weight excluding hydrogens is 320 g/mol. The van der Waals surface area contributed by atoms with Gasteiger partial charge < -0.3 is 19.4 Å². The van der Waals surface area contributed by atoms with Crippen molar-refractivity contribution in [3.05, 3.63) is 41.8 Å². The van der Waals surface area contributed by atoms with E-state index in [1.54, 1.807) is 4.90 Å². The predicted octanol–water partition coefficient (Wildman–Crippen LogP) is 3.41. The van der Waals surface area contributed by atoms with Crippen molar-refractivity contribution in [3.8, 4) is 0 Å². The molecule has 1 aliphatic rings. The minimum absolute atomic E-state index is 0.0484. The third-order valence-corrected chi connectivity index (χ3v) is 3.92. The van der Waals surface area contributed by atoms with Gasteiger partial charge in [-0.3, -0.25) is 0 Å². The molecule has 1 aliphatic heterocycles. The summed E-state index contributed by atoms with van der Waals surface area (Å²) < 4.78 is 11.1. The number of nitrogens with one attached hydrogen (secondary N) is 1. The summed E-state index contributed by atoms with van der Waals surface area (Å²) in [6, 6.07) is 10.4. The van der Waals surface area contributed by atoms with Gasteiger partial charge in [0.2, 0.25) is 5.89 Å². The topological polar surface area (TPSA) is 80.5 Å². The average Bonchev–Trinajstić information content (AvgIpc) is 3.21. The molecule has 1 amide bonds. The lowest BCUT2D eigenvalue weighted by atomic mass is 10.1. The highest BCUT2D eigenvalue weighted by atomic mass is 16.6. The molecule has 2 aromatic rings. The van der Waals surface area contributed by atoms with Crippen molar-refractivity contribution in [2.45, 2.75) is 45.3 Å². The second kappa shape index (κ2) is 7.13. The van der Waals surface area contributed by atoms with Crippen LogP contribution in [0.25, 0.3) is 0 Å². The lowest BCUT2D eigenvalue weighted by Crippen LogP contribution is -2.35. The van der Waals surface area contributed by atoms with Gasteiger partial charge in [-0.05, 0) is 32.8 Å². The van der Waals surface area contributed by atoms with Crippen LogP contribution < -0.4 is 5.32 Å². The summed E-state index contributed by atoms with van der Waals surface area (Å²) in [4.78, 5) is 13.8. The standard InChI is InChI=1S/C18H24N4O3/c1-18(2,3)25-17(23)22-10-9-14(12-22)15-20-21-16(24-15)19-11-13-7-5-4-6-8-13/h4-8,14H,9-12H2,1-3H3,(H,19,21). The summed E-state index contributed by atoms with van der Waals surface area (Å²) in [5, 5.41) is 11.3. The molecule has 1 saturated heterocycles. The fourth-order valence-corrected chi connectivity index (χ4v) is 2.70. The zero-order chi connectivity index (χ0) is 17.9. The van der Waals surface area contributed by atoms with E-state index in [4.69, 9.17) is 9.15 Å². The molecule has 1 unspecified atom stereocenters. The molecule has 3 rings (SSSR count). The van der Waals surface area contributed by atoms with Gasteiger partial charge in [-0.2, -0.15) is 0 Å². The van der Waals surface area contributed by atoms with Gasteiger partial charge >= 0.3 is 12.1 Å². The van der Waals surface area contributed by atoms with Gasteiger partial charge in [0, 0.05) is 19.6 Å². The van der Waals surface area contributed by atoms with Gasteiger partial charge in [0.05, 0.1) is 5.92 Å². The van der Waals surface area contributed by atoms with Gasteiger partial charge in [0.25, 0.3) is 0 Å². The van der Waals surface area contributed by atoms with Crippen LogP contribution in [-0.2, 0) is 11.3 Å². The number of benzene rings is 1. The maximum Gasteiger partial charge on any atom is 0.410 e. The van der Waals surface area contributed by atoms with Crippen molar-refractivity contribution < 1.29 is 13.9 Å². The zero-order valence-corrected chi connectivity index (χ0v) is 14.9. The molecule has 1 atom stereocenters. The summed E-state index contributed by atoms with van der Waals surface area (Å²) >= 11 is 0. The van der Waals surface area contributed by atoms with Gasteiger partial charge in [-0.15, -0.1) is 5.10 Å². The Bertz CT molecular complexity index is 709. The van der Waals surface area contributed by atoms with E-state index in [1.807, 2.05) is 51.1 Å². The Morgan fingerprint density at radius 3 is 2.80 bits per heavy atom. The van der Waals surface area contributed by atoms with Crippen LogP contribution in [0, 0.1) is 0 Å². The first kappa shape index (κ1) is 17.3. The number of aromatic nitrogens is 2. The lowest BCUT2D eigenvalue weighted by Gasteiger charge is -2.24. The number of ether oxygens (including phenoxy) is 1. The van der Waals surface area contributed by atoms with Crippen LogP contribution in [0.4, 0.5) is 10.8 Å². The molecule has 0 bridgehead atoms. The van der Waals surface area contributed by atoms with Crippen LogP contribution in [0.15, 0.2) is 34.7 Å². The van der Waals surface area contributed by atoms with Gasteiger partial charge in [-0.1, -0.05) is 35.4 Å². The first-order chi connectivity index (χ1) is 11.9. The Labute approximate surface area is 147 Å². The van der Waals surface area contributed by atoms with Crippen LogP contribution >= 0.6 is 0 Å².